The molecule has 0 unspecified atom stereocenters. The third-order valence-electron chi connectivity index (χ3n) is 1.77. The molecule has 0 aliphatic heterocycles. The number of hydrogen-bond donors (Lipinski definition) is 1. The monoisotopic (exact) mass is 185 g/mol. The molecule has 0 aliphatic rings. The van der Waals surface area contributed by atoms with Crippen molar-refractivity contribution in [3.05, 3.63) is 10.4 Å². The summed E-state index contributed by atoms with van der Waals surface area (Å²) in [7, 11) is 0. The highest BCUT2D eigenvalue weighted by Crippen LogP contribution is 2.30. The fraction of sp³-hybridized carbons (Fsp3) is 0.875. The van der Waals surface area contributed by atoms with Crippen LogP contribution in [0.2, 0.25) is 0 Å². The van der Waals surface area contributed by atoms with Crippen LogP contribution < -0.4 is 0 Å². The van der Waals surface area contributed by atoms with E-state index in [1.165, 1.54) is 0 Å². The smallest absolute Gasteiger partial charge is 0.309 e. The molecule has 0 atom stereocenters. The highest BCUT2D eigenvalue weighted by atomic mass is 16.4. The molecular formula is C8H15N3O2. The molecule has 0 bridgehead atoms. The topological polar surface area (TPSA) is 86.1 Å². The molecule has 0 rings (SSSR count). The molecule has 0 saturated heterocycles. The summed E-state index contributed by atoms with van der Waals surface area (Å²) in [5.74, 6) is -0.881. The number of carboxylic acid groups (broad SMARTS) is 1. The molecule has 0 aromatic carbocycles. The molecule has 0 radical (unpaired) electrons. The zero-order valence-electron chi connectivity index (χ0n) is 8.40. The molecular weight excluding hydrogens is 170 g/mol. The Balaban J connectivity index is 4.60. The van der Waals surface area contributed by atoms with Crippen LogP contribution in [0.5, 0.6) is 0 Å². The van der Waals surface area contributed by atoms with Crippen LogP contribution in [0.3, 0.4) is 0 Å². The third-order valence-corrected chi connectivity index (χ3v) is 1.77. The molecule has 0 aromatic rings. The van der Waals surface area contributed by atoms with Crippen LogP contribution >= 0.6 is 0 Å². The van der Waals surface area contributed by atoms with Crippen molar-refractivity contribution < 1.29 is 9.90 Å². The predicted molar refractivity (Wildman–Crippen MR) is 49.3 cm³/mol. The van der Waals surface area contributed by atoms with Gasteiger partial charge in [0.15, 0.2) is 0 Å². The Labute approximate surface area is 77.4 Å². The van der Waals surface area contributed by atoms with Gasteiger partial charge in [-0.25, -0.2) is 0 Å². The van der Waals surface area contributed by atoms with Crippen molar-refractivity contribution in [3.63, 3.8) is 0 Å². The number of nitrogens with zero attached hydrogens (tertiary/aromatic N) is 3. The second-order valence-corrected chi connectivity index (χ2v) is 4.37. The van der Waals surface area contributed by atoms with E-state index < -0.39 is 16.9 Å². The van der Waals surface area contributed by atoms with E-state index in [-0.39, 0.29) is 0 Å². The van der Waals surface area contributed by atoms with Crippen LogP contribution in [0.15, 0.2) is 5.11 Å². The van der Waals surface area contributed by atoms with E-state index >= 15 is 0 Å². The highest BCUT2D eigenvalue weighted by Gasteiger charge is 2.33. The molecule has 0 amide bonds. The second kappa shape index (κ2) is 3.66. The van der Waals surface area contributed by atoms with Gasteiger partial charge in [-0.3, -0.25) is 4.79 Å². The summed E-state index contributed by atoms with van der Waals surface area (Å²) in [5.41, 5.74) is 6.73. The van der Waals surface area contributed by atoms with Gasteiger partial charge < -0.3 is 5.11 Å². The van der Waals surface area contributed by atoms with Crippen LogP contribution in [0.1, 0.15) is 34.1 Å². The Morgan fingerprint density at radius 3 is 2.23 bits per heavy atom. The van der Waals surface area contributed by atoms with Gasteiger partial charge in [-0.05, 0) is 25.8 Å². The lowest BCUT2D eigenvalue weighted by Crippen LogP contribution is -2.32. The lowest BCUT2D eigenvalue weighted by Gasteiger charge is -2.27. The number of hydrogen-bond acceptors (Lipinski definition) is 2. The van der Waals surface area contributed by atoms with Gasteiger partial charge in [-0.1, -0.05) is 19.0 Å². The zero-order chi connectivity index (χ0) is 10.7. The first-order valence-electron chi connectivity index (χ1n) is 4.01. The average molecular weight is 185 g/mol. The first-order chi connectivity index (χ1) is 5.71. The van der Waals surface area contributed by atoms with E-state index in [2.05, 4.69) is 10.0 Å². The first kappa shape index (κ1) is 11.8. The maximum Gasteiger partial charge on any atom is 0.309 e. The average Bonchev–Trinajstić information content (AvgIpc) is 1.83. The minimum Gasteiger partial charge on any atom is -0.481 e. The molecule has 0 aliphatic carbocycles. The Bertz CT molecular complexity index is 240. The van der Waals surface area contributed by atoms with E-state index in [0.29, 0.717) is 6.42 Å². The lowest BCUT2D eigenvalue weighted by atomic mass is 9.81. The van der Waals surface area contributed by atoms with Gasteiger partial charge in [-0.2, -0.15) is 0 Å². The van der Waals surface area contributed by atoms with Crippen LogP contribution in [0, 0.1) is 5.41 Å². The predicted octanol–water partition coefficient (Wildman–Crippen LogP) is 2.58. The largest absolute Gasteiger partial charge is 0.481 e. The SMILES string of the molecule is CC(C)(CC(C)(C)C(=O)O)N=[N+]=[N-]. The molecule has 0 spiro atoms. The second-order valence-electron chi connectivity index (χ2n) is 4.37. The quantitative estimate of drug-likeness (QED) is 0.414. The van der Waals surface area contributed by atoms with Crippen molar-refractivity contribution in [2.75, 3.05) is 0 Å². The summed E-state index contributed by atoms with van der Waals surface area (Å²) in [6, 6.07) is 0. The van der Waals surface area contributed by atoms with Crippen molar-refractivity contribution in [1.82, 2.24) is 0 Å². The van der Waals surface area contributed by atoms with Gasteiger partial charge in [0, 0.05) is 10.5 Å². The molecule has 5 heteroatoms. The highest BCUT2D eigenvalue weighted by molar-refractivity contribution is 5.73. The first-order valence-corrected chi connectivity index (χ1v) is 4.01. The van der Waals surface area contributed by atoms with Crippen molar-refractivity contribution in [3.8, 4) is 0 Å². The molecule has 74 valence electrons. The molecule has 0 fully saturated rings. The molecule has 13 heavy (non-hydrogen) atoms. The van der Waals surface area contributed by atoms with Crippen molar-refractivity contribution in [2.24, 2.45) is 10.5 Å². The molecule has 5 nitrogen and oxygen atoms in total. The van der Waals surface area contributed by atoms with Gasteiger partial charge >= 0.3 is 5.97 Å². The fourth-order valence-corrected chi connectivity index (χ4v) is 1.31. The Hall–Kier alpha value is -1.22. The Kier molecular flexibility index (Phi) is 3.32. The van der Waals surface area contributed by atoms with Crippen LogP contribution in [0.4, 0.5) is 0 Å². The molecule has 1 N–H and O–H groups in total. The van der Waals surface area contributed by atoms with Crippen molar-refractivity contribution >= 4 is 5.97 Å². The summed E-state index contributed by atoms with van der Waals surface area (Å²) in [5, 5.41) is 12.4. The van der Waals surface area contributed by atoms with Gasteiger partial charge in [0.25, 0.3) is 0 Å². The number of rotatable bonds is 4. The summed E-state index contributed by atoms with van der Waals surface area (Å²) in [6.07, 6.45) is 0.319. The lowest BCUT2D eigenvalue weighted by molar-refractivity contribution is -0.147. The van der Waals surface area contributed by atoms with E-state index in [1.807, 2.05) is 0 Å². The van der Waals surface area contributed by atoms with E-state index in [1.54, 1.807) is 27.7 Å². The fourth-order valence-electron chi connectivity index (χ4n) is 1.31. The van der Waals surface area contributed by atoms with Crippen molar-refractivity contribution in [2.45, 2.75) is 39.7 Å². The summed E-state index contributed by atoms with van der Waals surface area (Å²) in [4.78, 5) is 13.5. The zero-order valence-corrected chi connectivity index (χ0v) is 8.40. The molecule has 0 aromatic heterocycles. The minimum atomic E-state index is -0.881. The third kappa shape index (κ3) is 3.80. The van der Waals surface area contributed by atoms with Gasteiger partial charge in [0.1, 0.15) is 0 Å². The number of azide groups is 1. The Morgan fingerprint density at radius 2 is 1.92 bits per heavy atom. The molecule has 0 heterocycles. The number of aliphatic carboxylic acids is 1. The van der Waals surface area contributed by atoms with E-state index in [0.717, 1.165) is 0 Å². The van der Waals surface area contributed by atoms with Gasteiger partial charge in [0.05, 0.1) is 5.41 Å². The maximum absolute atomic E-state index is 10.8. The Morgan fingerprint density at radius 1 is 1.46 bits per heavy atom. The standard InChI is InChI=1S/C8H15N3O2/c1-7(2,6(12)13)5-8(3,4)10-11-9/h5H2,1-4H3,(H,12,13). The molecule has 0 saturated carbocycles. The summed E-state index contributed by atoms with van der Waals surface area (Å²) < 4.78 is 0. The van der Waals surface area contributed by atoms with Crippen LogP contribution in [0.25, 0.3) is 10.4 Å². The minimum absolute atomic E-state index is 0.319. The maximum atomic E-state index is 10.8. The summed E-state index contributed by atoms with van der Waals surface area (Å²) in [6.45, 7) is 6.67. The van der Waals surface area contributed by atoms with Gasteiger partial charge in [0.2, 0.25) is 0 Å². The van der Waals surface area contributed by atoms with E-state index in [4.69, 9.17) is 10.6 Å². The van der Waals surface area contributed by atoms with Crippen LogP contribution in [-0.4, -0.2) is 16.6 Å². The summed E-state index contributed by atoms with van der Waals surface area (Å²) >= 11 is 0. The number of carbonyl (C=O) groups is 1. The van der Waals surface area contributed by atoms with Gasteiger partial charge in [-0.15, -0.1) is 0 Å². The van der Waals surface area contributed by atoms with Crippen LogP contribution in [-0.2, 0) is 4.79 Å². The normalized spacial score (nSPS) is 12.0. The number of carboxylic acids is 1. The van der Waals surface area contributed by atoms with Crippen molar-refractivity contribution in [1.29, 1.82) is 0 Å². The van der Waals surface area contributed by atoms with E-state index in [9.17, 15) is 4.79 Å².